The number of rotatable bonds is 7. The number of aliphatic hydroxyl groups is 1. The van der Waals surface area contributed by atoms with Gasteiger partial charge in [0.15, 0.2) is 5.41 Å². The molecule has 86 valence electrons. The second kappa shape index (κ2) is 5.85. The Balaban J connectivity index is 4.59. The summed E-state index contributed by atoms with van der Waals surface area (Å²) >= 11 is 0. The summed E-state index contributed by atoms with van der Waals surface area (Å²) in [5.74, 6) is 0. The van der Waals surface area contributed by atoms with E-state index in [1.54, 1.807) is 6.92 Å². The van der Waals surface area contributed by atoms with Crippen molar-refractivity contribution in [2.45, 2.75) is 51.5 Å². The molecule has 1 unspecified atom stereocenters. The molecule has 0 aromatic rings. The predicted molar refractivity (Wildman–Crippen MR) is 61.5 cm³/mol. The number of ether oxygens (including phenoxy) is 2. The first kappa shape index (κ1) is 14.1. The van der Waals surface area contributed by atoms with Crippen LogP contribution < -0.4 is 0 Å². The second-order valence-corrected chi connectivity index (χ2v) is 5.15. The Morgan fingerprint density at radius 3 is 1.86 bits per heavy atom. The van der Waals surface area contributed by atoms with Crippen LogP contribution in [0, 0.1) is 0 Å². The normalized spacial score (nSPS) is 16.9. The standard InChI is InChI=1S/C10H24O3Si/c1-5-8-9(4,11)10(14,12-6-2)13-7-3/h11H,5-8H2,1-4,14H3. The van der Waals surface area contributed by atoms with Gasteiger partial charge < -0.3 is 14.6 Å². The molecule has 0 aromatic heterocycles. The van der Waals surface area contributed by atoms with Crippen molar-refractivity contribution in [3.8, 4) is 0 Å². The van der Waals surface area contributed by atoms with Gasteiger partial charge in [-0.25, -0.2) is 0 Å². The summed E-state index contributed by atoms with van der Waals surface area (Å²) < 4.78 is 11.2. The Morgan fingerprint density at radius 2 is 1.57 bits per heavy atom. The third-order valence-electron chi connectivity index (χ3n) is 2.55. The maximum absolute atomic E-state index is 10.3. The van der Waals surface area contributed by atoms with Crippen LogP contribution in [0.4, 0.5) is 0 Å². The van der Waals surface area contributed by atoms with Gasteiger partial charge in [-0.15, -0.1) is 0 Å². The van der Waals surface area contributed by atoms with Gasteiger partial charge in [-0.1, -0.05) is 13.3 Å². The first-order valence-electron chi connectivity index (χ1n) is 5.43. The Hall–Kier alpha value is 0.0969. The zero-order chi connectivity index (χ0) is 11.2. The average molecular weight is 220 g/mol. The third kappa shape index (κ3) is 3.35. The highest BCUT2D eigenvalue weighted by Crippen LogP contribution is 2.29. The van der Waals surface area contributed by atoms with Gasteiger partial charge in [0.25, 0.3) is 0 Å². The molecule has 0 saturated heterocycles. The predicted octanol–water partition coefficient (Wildman–Crippen LogP) is 0.630. The average Bonchev–Trinajstić information content (AvgIpc) is 2.04. The molecule has 0 spiro atoms. The Labute approximate surface area is 90.2 Å². The van der Waals surface area contributed by atoms with E-state index in [0.29, 0.717) is 29.9 Å². The van der Waals surface area contributed by atoms with Crippen LogP contribution in [0.2, 0.25) is 0 Å². The SMILES string of the molecule is CCCC(C)(O)C([SiH3])(OCC)OCC. The van der Waals surface area contributed by atoms with Crippen molar-refractivity contribution in [2.24, 2.45) is 0 Å². The highest BCUT2D eigenvalue weighted by Gasteiger charge is 2.43. The summed E-state index contributed by atoms with van der Waals surface area (Å²) in [6, 6.07) is 0. The lowest BCUT2D eigenvalue weighted by Gasteiger charge is -2.42. The molecule has 1 atom stereocenters. The summed E-state index contributed by atoms with van der Waals surface area (Å²) in [4.78, 5) is 0. The Kier molecular flexibility index (Phi) is 5.89. The molecule has 0 aromatic carbocycles. The fourth-order valence-corrected chi connectivity index (χ4v) is 2.44. The minimum atomic E-state index is -0.875. The van der Waals surface area contributed by atoms with E-state index >= 15 is 0 Å². The molecule has 0 aliphatic carbocycles. The Morgan fingerprint density at radius 1 is 1.14 bits per heavy atom. The summed E-state index contributed by atoms with van der Waals surface area (Å²) in [5, 5.41) is 10.3. The molecular weight excluding hydrogens is 196 g/mol. The molecule has 0 bridgehead atoms. The van der Waals surface area contributed by atoms with Crippen LogP contribution in [-0.4, -0.2) is 39.6 Å². The lowest BCUT2D eigenvalue weighted by atomic mass is 9.99. The molecule has 0 heterocycles. The van der Waals surface area contributed by atoms with E-state index in [1.807, 2.05) is 20.8 Å². The summed E-state index contributed by atoms with van der Waals surface area (Å²) in [6.45, 7) is 8.84. The van der Waals surface area contributed by atoms with Crippen molar-refractivity contribution in [2.75, 3.05) is 13.2 Å². The van der Waals surface area contributed by atoms with E-state index in [1.165, 1.54) is 0 Å². The van der Waals surface area contributed by atoms with E-state index in [0.717, 1.165) is 6.42 Å². The molecule has 0 amide bonds. The molecule has 1 N–H and O–H groups in total. The van der Waals surface area contributed by atoms with E-state index in [4.69, 9.17) is 9.47 Å². The van der Waals surface area contributed by atoms with Crippen LogP contribution in [0.5, 0.6) is 0 Å². The van der Waals surface area contributed by atoms with E-state index in [9.17, 15) is 5.11 Å². The smallest absolute Gasteiger partial charge is 0.168 e. The first-order valence-corrected chi connectivity index (χ1v) is 6.43. The van der Waals surface area contributed by atoms with Crippen LogP contribution in [0.25, 0.3) is 0 Å². The number of hydrogen-bond donors (Lipinski definition) is 1. The molecule has 0 aliphatic heterocycles. The zero-order valence-corrected chi connectivity index (χ0v) is 12.1. The van der Waals surface area contributed by atoms with Crippen LogP contribution in [-0.2, 0) is 9.47 Å². The monoisotopic (exact) mass is 220 g/mol. The van der Waals surface area contributed by atoms with Gasteiger partial charge in [-0.05, 0) is 27.2 Å². The molecular formula is C10H24O3Si. The van der Waals surface area contributed by atoms with Gasteiger partial charge in [0.1, 0.15) is 5.60 Å². The minimum absolute atomic E-state index is 0.573. The fraction of sp³-hybridized carbons (Fsp3) is 1.00. The van der Waals surface area contributed by atoms with Crippen molar-refractivity contribution in [1.82, 2.24) is 0 Å². The van der Waals surface area contributed by atoms with Crippen LogP contribution in [0.1, 0.15) is 40.5 Å². The highest BCUT2D eigenvalue weighted by atomic mass is 28.1. The quantitative estimate of drug-likeness (QED) is 0.505. The van der Waals surface area contributed by atoms with Gasteiger partial charge >= 0.3 is 0 Å². The minimum Gasteiger partial charge on any atom is -0.385 e. The zero-order valence-electron chi connectivity index (χ0n) is 10.1. The van der Waals surface area contributed by atoms with Gasteiger partial charge in [0.2, 0.25) is 0 Å². The number of hydrogen-bond acceptors (Lipinski definition) is 3. The van der Waals surface area contributed by atoms with Crippen molar-refractivity contribution >= 4 is 10.2 Å². The molecule has 0 fully saturated rings. The maximum atomic E-state index is 10.3. The van der Waals surface area contributed by atoms with Gasteiger partial charge in [-0.2, -0.15) is 0 Å². The maximum Gasteiger partial charge on any atom is 0.168 e. The lowest BCUT2D eigenvalue weighted by Crippen LogP contribution is -2.56. The van der Waals surface area contributed by atoms with E-state index in [-0.39, 0.29) is 0 Å². The van der Waals surface area contributed by atoms with Gasteiger partial charge in [-0.3, -0.25) is 0 Å². The lowest BCUT2D eigenvalue weighted by molar-refractivity contribution is -0.264. The van der Waals surface area contributed by atoms with Crippen molar-refractivity contribution in [1.29, 1.82) is 0 Å². The summed E-state index contributed by atoms with van der Waals surface area (Å²) in [5.41, 5.74) is -1.63. The molecule has 4 heteroatoms. The molecule has 0 saturated carbocycles. The molecule has 0 radical (unpaired) electrons. The van der Waals surface area contributed by atoms with Gasteiger partial charge in [0, 0.05) is 13.2 Å². The van der Waals surface area contributed by atoms with Crippen LogP contribution in [0.15, 0.2) is 0 Å². The third-order valence-corrected chi connectivity index (χ3v) is 4.21. The molecule has 0 aliphatic rings. The van der Waals surface area contributed by atoms with E-state index < -0.39 is 11.0 Å². The molecule has 3 nitrogen and oxygen atoms in total. The van der Waals surface area contributed by atoms with Gasteiger partial charge in [0.05, 0.1) is 10.2 Å². The van der Waals surface area contributed by atoms with Crippen molar-refractivity contribution in [3.05, 3.63) is 0 Å². The molecule has 0 rings (SSSR count). The Bertz CT molecular complexity index is 153. The van der Waals surface area contributed by atoms with Crippen molar-refractivity contribution in [3.63, 3.8) is 0 Å². The van der Waals surface area contributed by atoms with Crippen LogP contribution >= 0.6 is 0 Å². The molecule has 14 heavy (non-hydrogen) atoms. The van der Waals surface area contributed by atoms with Crippen molar-refractivity contribution < 1.29 is 14.6 Å². The second-order valence-electron chi connectivity index (χ2n) is 3.84. The highest BCUT2D eigenvalue weighted by molar-refractivity contribution is 6.14. The fourth-order valence-electron chi connectivity index (χ4n) is 1.62. The van der Waals surface area contributed by atoms with Crippen LogP contribution in [0.3, 0.4) is 0 Å². The first-order chi connectivity index (χ1) is 6.43. The van der Waals surface area contributed by atoms with E-state index in [2.05, 4.69) is 0 Å². The summed E-state index contributed by atoms with van der Waals surface area (Å²) in [6.07, 6.45) is 1.63. The topological polar surface area (TPSA) is 38.7 Å². The largest absolute Gasteiger partial charge is 0.385 e. The summed E-state index contributed by atoms with van der Waals surface area (Å²) in [7, 11) is 0.666.